The van der Waals surface area contributed by atoms with Crippen LogP contribution in [0, 0.1) is 0 Å². The summed E-state index contributed by atoms with van der Waals surface area (Å²) in [7, 11) is 0. The molecule has 0 aromatic rings. The fourth-order valence-corrected chi connectivity index (χ4v) is 3.09. The molecule has 2 aliphatic heterocycles. The fourth-order valence-electron chi connectivity index (χ4n) is 2.02. The Kier molecular flexibility index (Phi) is 3.00. The predicted octanol–water partition coefficient (Wildman–Crippen LogP) is -1.14. The van der Waals surface area contributed by atoms with Crippen molar-refractivity contribution in [2.75, 3.05) is 19.6 Å². The van der Waals surface area contributed by atoms with Crippen molar-refractivity contribution in [3.8, 4) is 0 Å². The Bertz CT molecular complexity index is 352. The van der Waals surface area contributed by atoms with Crippen LogP contribution in [0.3, 0.4) is 0 Å². The van der Waals surface area contributed by atoms with E-state index in [1.807, 2.05) is 0 Å². The third-order valence-corrected chi connectivity index (χ3v) is 4.08. The van der Waals surface area contributed by atoms with Gasteiger partial charge in [-0.2, -0.15) is 0 Å². The van der Waals surface area contributed by atoms with Gasteiger partial charge in [-0.1, -0.05) is 0 Å². The normalized spacial score (nSPS) is 34.9. The van der Waals surface area contributed by atoms with Gasteiger partial charge in [-0.25, -0.2) is 0 Å². The Hall–Kier alpha value is -0.920. The Labute approximate surface area is 96.9 Å². The summed E-state index contributed by atoms with van der Waals surface area (Å²) >= 11 is 0.884. The maximum Gasteiger partial charge on any atom is 0.286 e. The minimum atomic E-state index is -0.959. The van der Waals surface area contributed by atoms with Gasteiger partial charge in [0.15, 0.2) is 5.78 Å². The van der Waals surface area contributed by atoms with Gasteiger partial charge in [0, 0.05) is 19.6 Å². The Morgan fingerprint density at radius 3 is 2.62 bits per heavy atom. The third-order valence-electron chi connectivity index (χ3n) is 2.91. The average molecular weight is 243 g/mol. The molecule has 2 unspecified atom stereocenters. The molecule has 0 aromatic carbocycles. The number of nitrogens with one attached hydrogen (secondary N) is 3. The van der Waals surface area contributed by atoms with Crippen LogP contribution in [0.15, 0.2) is 0 Å². The van der Waals surface area contributed by atoms with Crippen molar-refractivity contribution in [1.29, 1.82) is 0 Å². The Morgan fingerprint density at radius 1 is 1.44 bits per heavy atom. The minimum Gasteiger partial charge on any atom is -0.313 e. The van der Waals surface area contributed by atoms with E-state index in [-0.39, 0.29) is 16.9 Å². The number of rotatable bonds is 2. The van der Waals surface area contributed by atoms with Crippen molar-refractivity contribution < 1.29 is 14.4 Å². The molecular formula is C9H13N3O3S. The van der Waals surface area contributed by atoms with E-state index in [2.05, 4.69) is 16.0 Å². The zero-order valence-electron chi connectivity index (χ0n) is 8.83. The monoisotopic (exact) mass is 243 g/mol. The minimum absolute atomic E-state index is 0.123. The molecule has 6 nitrogen and oxygen atoms in total. The van der Waals surface area contributed by atoms with E-state index in [1.54, 1.807) is 0 Å². The number of carbonyl (C=O) groups excluding carboxylic acids is 3. The van der Waals surface area contributed by atoms with Gasteiger partial charge in [0.2, 0.25) is 5.91 Å². The summed E-state index contributed by atoms with van der Waals surface area (Å²) in [5, 5.41) is 7.31. The van der Waals surface area contributed by atoms with Gasteiger partial charge in [0.25, 0.3) is 5.24 Å². The number of ketones is 1. The second-order valence-corrected chi connectivity index (χ2v) is 4.98. The number of thioether (sulfide) groups is 1. The summed E-state index contributed by atoms with van der Waals surface area (Å²) < 4.78 is 0. The van der Waals surface area contributed by atoms with E-state index in [4.69, 9.17) is 0 Å². The SMILES string of the molecule is CC(=O)C1(C2SC(=O)NC2=O)CNCCN1. The second kappa shape index (κ2) is 4.15. The van der Waals surface area contributed by atoms with Gasteiger partial charge in [0.05, 0.1) is 0 Å². The van der Waals surface area contributed by atoms with Gasteiger partial charge in [-0.3, -0.25) is 19.7 Å². The molecule has 2 fully saturated rings. The Balaban J connectivity index is 2.28. The van der Waals surface area contributed by atoms with Crippen LogP contribution in [0.4, 0.5) is 4.79 Å². The van der Waals surface area contributed by atoms with Gasteiger partial charge in [-0.05, 0) is 18.7 Å². The molecule has 7 heteroatoms. The molecule has 88 valence electrons. The molecule has 16 heavy (non-hydrogen) atoms. The maximum atomic E-state index is 11.8. The van der Waals surface area contributed by atoms with Crippen LogP contribution in [0.2, 0.25) is 0 Å². The number of hydrogen-bond donors (Lipinski definition) is 3. The molecule has 2 atom stereocenters. The van der Waals surface area contributed by atoms with Gasteiger partial charge in [-0.15, -0.1) is 0 Å². The molecule has 0 saturated carbocycles. The zero-order chi connectivity index (χ0) is 11.8. The van der Waals surface area contributed by atoms with Crippen molar-refractivity contribution in [3.63, 3.8) is 0 Å². The highest BCUT2D eigenvalue weighted by Gasteiger charge is 2.52. The van der Waals surface area contributed by atoms with Crippen LogP contribution < -0.4 is 16.0 Å². The Morgan fingerprint density at radius 2 is 2.19 bits per heavy atom. The summed E-state index contributed by atoms with van der Waals surface area (Å²) in [5.74, 6) is -0.511. The van der Waals surface area contributed by atoms with Crippen LogP contribution in [-0.2, 0) is 9.59 Å². The first-order valence-corrected chi connectivity index (χ1v) is 5.92. The molecule has 2 saturated heterocycles. The third kappa shape index (κ3) is 1.74. The quantitative estimate of drug-likeness (QED) is 0.568. The summed E-state index contributed by atoms with van der Waals surface area (Å²) in [6.45, 7) is 3.18. The highest BCUT2D eigenvalue weighted by atomic mass is 32.2. The molecule has 2 amide bonds. The van der Waals surface area contributed by atoms with Crippen LogP contribution in [0.5, 0.6) is 0 Å². The molecule has 0 bridgehead atoms. The number of piperazine rings is 1. The lowest BCUT2D eigenvalue weighted by atomic mass is 9.88. The molecule has 2 heterocycles. The standard InChI is InChI=1S/C9H13N3O3S/c1-5(13)9(4-10-2-3-11-9)6-7(14)12-8(15)16-6/h6,10-11H,2-4H2,1H3,(H,12,14,15). The van der Waals surface area contributed by atoms with Crippen molar-refractivity contribution in [3.05, 3.63) is 0 Å². The average Bonchev–Trinajstić information content (AvgIpc) is 2.59. The fraction of sp³-hybridized carbons (Fsp3) is 0.667. The number of amides is 2. The van der Waals surface area contributed by atoms with E-state index in [9.17, 15) is 14.4 Å². The lowest BCUT2D eigenvalue weighted by Gasteiger charge is -2.39. The predicted molar refractivity (Wildman–Crippen MR) is 59.2 cm³/mol. The molecular weight excluding hydrogens is 230 g/mol. The van der Waals surface area contributed by atoms with Crippen LogP contribution in [0.25, 0.3) is 0 Å². The number of imide groups is 1. The van der Waals surface area contributed by atoms with Crippen LogP contribution in [0.1, 0.15) is 6.92 Å². The van der Waals surface area contributed by atoms with Crippen molar-refractivity contribution in [1.82, 2.24) is 16.0 Å². The molecule has 2 aliphatic rings. The topological polar surface area (TPSA) is 87.3 Å². The lowest BCUT2D eigenvalue weighted by Crippen LogP contribution is -2.69. The molecule has 0 spiro atoms. The largest absolute Gasteiger partial charge is 0.313 e. The molecule has 0 aliphatic carbocycles. The zero-order valence-corrected chi connectivity index (χ0v) is 9.65. The first kappa shape index (κ1) is 11.6. The summed E-state index contributed by atoms with van der Waals surface area (Å²) in [5.41, 5.74) is -0.959. The van der Waals surface area contributed by atoms with Gasteiger partial charge >= 0.3 is 0 Å². The van der Waals surface area contributed by atoms with Crippen molar-refractivity contribution >= 4 is 28.7 Å². The lowest BCUT2D eigenvalue weighted by molar-refractivity contribution is -0.129. The van der Waals surface area contributed by atoms with E-state index >= 15 is 0 Å². The van der Waals surface area contributed by atoms with Crippen molar-refractivity contribution in [2.24, 2.45) is 0 Å². The van der Waals surface area contributed by atoms with Crippen LogP contribution >= 0.6 is 11.8 Å². The smallest absolute Gasteiger partial charge is 0.286 e. The van der Waals surface area contributed by atoms with Gasteiger partial charge < -0.3 is 10.6 Å². The first-order valence-electron chi connectivity index (χ1n) is 5.04. The summed E-state index contributed by atoms with van der Waals surface area (Å²) in [6.07, 6.45) is 0. The molecule has 0 radical (unpaired) electrons. The molecule has 2 rings (SSSR count). The first-order chi connectivity index (χ1) is 7.56. The summed E-state index contributed by atoms with van der Waals surface area (Å²) in [6, 6.07) is 0. The van der Waals surface area contributed by atoms with E-state index in [0.29, 0.717) is 13.1 Å². The van der Waals surface area contributed by atoms with Crippen molar-refractivity contribution in [2.45, 2.75) is 17.7 Å². The summed E-state index contributed by atoms with van der Waals surface area (Å²) in [4.78, 5) is 34.5. The highest BCUT2D eigenvalue weighted by molar-refractivity contribution is 8.15. The van der Waals surface area contributed by atoms with E-state index < -0.39 is 10.8 Å². The van der Waals surface area contributed by atoms with E-state index in [1.165, 1.54) is 6.92 Å². The second-order valence-electron chi connectivity index (χ2n) is 3.91. The van der Waals surface area contributed by atoms with E-state index in [0.717, 1.165) is 18.3 Å². The highest BCUT2D eigenvalue weighted by Crippen LogP contribution is 2.30. The molecule has 3 N–H and O–H groups in total. The molecule has 0 aromatic heterocycles. The number of Topliss-reactive ketones (excluding diaryl/α,β-unsaturated/α-hetero) is 1. The number of hydrogen-bond acceptors (Lipinski definition) is 6. The number of carbonyl (C=O) groups is 3. The maximum absolute atomic E-state index is 11.8. The van der Waals surface area contributed by atoms with Gasteiger partial charge in [0.1, 0.15) is 10.8 Å². The van der Waals surface area contributed by atoms with Crippen LogP contribution in [-0.4, -0.2) is 47.4 Å².